The molecule has 118 valence electrons. The van der Waals surface area contributed by atoms with Gasteiger partial charge < -0.3 is 4.74 Å². The molecule has 1 unspecified atom stereocenters. The second-order valence-electron chi connectivity index (χ2n) is 5.88. The van der Waals surface area contributed by atoms with Gasteiger partial charge in [-0.05, 0) is 38.5 Å². The fraction of sp³-hybridized carbons (Fsp3) is 0.571. The molecule has 0 amide bonds. The summed E-state index contributed by atoms with van der Waals surface area (Å²) in [6.07, 6.45) is -0.168. The molecule has 0 saturated carbocycles. The number of rotatable bonds is 3. The number of nitrogens with zero attached hydrogens (tertiary/aromatic N) is 1. The molecule has 1 atom stereocenters. The lowest BCUT2D eigenvalue weighted by atomic mass is 10.1. The molecule has 1 aromatic carbocycles. The van der Waals surface area contributed by atoms with Crippen LogP contribution in [0, 0.1) is 0 Å². The molecular weight excluding hydrogens is 333 g/mol. The summed E-state index contributed by atoms with van der Waals surface area (Å²) in [6, 6.07) is 4.83. The Labute approximate surface area is 136 Å². The highest BCUT2D eigenvalue weighted by atomic mass is 35.5. The molecule has 0 spiro atoms. The van der Waals surface area contributed by atoms with Crippen molar-refractivity contribution in [3.05, 3.63) is 28.8 Å². The summed E-state index contributed by atoms with van der Waals surface area (Å²) in [5.74, 6) is 0.241. The van der Waals surface area contributed by atoms with Gasteiger partial charge in [-0.1, -0.05) is 17.7 Å². The molecule has 1 saturated heterocycles. The lowest BCUT2D eigenvalue weighted by Crippen LogP contribution is -2.53. The van der Waals surface area contributed by atoms with Crippen molar-refractivity contribution in [2.24, 2.45) is 0 Å². The maximum atomic E-state index is 12.9. The maximum Gasteiger partial charge on any atom is 0.244 e. The van der Waals surface area contributed by atoms with Crippen molar-refractivity contribution in [1.29, 1.82) is 0 Å². The number of benzene rings is 1. The molecule has 2 rings (SSSR count). The fourth-order valence-electron chi connectivity index (χ4n) is 2.55. The summed E-state index contributed by atoms with van der Waals surface area (Å²) < 4.78 is 32.9. The van der Waals surface area contributed by atoms with Crippen LogP contribution < -0.4 is 0 Å². The summed E-state index contributed by atoms with van der Waals surface area (Å²) in [6.45, 7) is 6.22. The lowest BCUT2D eigenvalue weighted by Gasteiger charge is -2.41. The molecule has 1 aliphatic heterocycles. The highest BCUT2D eigenvalue weighted by Gasteiger charge is 2.38. The lowest BCUT2D eigenvalue weighted by molar-refractivity contribution is -0.109. The molecule has 0 N–H and O–H groups in total. The summed E-state index contributed by atoms with van der Waals surface area (Å²) in [5, 5.41) is 0.209. The summed E-state index contributed by atoms with van der Waals surface area (Å²) in [4.78, 5) is 0.104. The van der Waals surface area contributed by atoms with Gasteiger partial charge in [-0.2, -0.15) is 4.31 Å². The van der Waals surface area contributed by atoms with E-state index < -0.39 is 15.6 Å². The smallest absolute Gasteiger partial charge is 0.244 e. The van der Waals surface area contributed by atoms with E-state index in [0.29, 0.717) is 13.1 Å². The highest BCUT2D eigenvalue weighted by molar-refractivity contribution is 7.89. The Hall–Kier alpha value is -0.330. The molecular formula is C14H19Cl2NO3S. The molecule has 7 heteroatoms. The molecule has 1 fully saturated rings. The van der Waals surface area contributed by atoms with Gasteiger partial charge in [0.1, 0.15) is 4.90 Å². The fourth-order valence-corrected chi connectivity index (χ4v) is 4.90. The van der Waals surface area contributed by atoms with Crippen LogP contribution in [0.15, 0.2) is 23.1 Å². The molecule has 21 heavy (non-hydrogen) atoms. The Morgan fingerprint density at radius 1 is 1.43 bits per heavy atom. The van der Waals surface area contributed by atoms with Crippen molar-refractivity contribution >= 4 is 33.2 Å². The van der Waals surface area contributed by atoms with Crippen molar-refractivity contribution < 1.29 is 13.2 Å². The standard InChI is InChI=1S/C14H19Cl2NO3S/c1-10-8-17(9-14(2,3)20-10)21(18,19)13-6-11(7-15)4-5-12(13)16/h4-6,10H,7-9H2,1-3H3. The van der Waals surface area contributed by atoms with Crippen LogP contribution in [0.5, 0.6) is 0 Å². The number of sulfonamides is 1. The number of ether oxygens (including phenoxy) is 1. The van der Waals surface area contributed by atoms with Crippen LogP contribution in [-0.2, 0) is 20.6 Å². The van der Waals surface area contributed by atoms with E-state index in [1.54, 1.807) is 12.1 Å². The zero-order valence-corrected chi connectivity index (χ0v) is 14.6. The predicted molar refractivity (Wildman–Crippen MR) is 84.4 cm³/mol. The van der Waals surface area contributed by atoms with E-state index in [9.17, 15) is 8.42 Å². The van der Waals surface area contributed by atoms with Crippen molar-refractivity contribution in [2.45, 2.75) is 43.3 Å². The predicted octanol–water partition coefficient (Wildman–Crippen LogP) is 3.27. The van der Waals surface area contributed by atoms with Gasteiger partial charge in [-0.25, -0.2) is 8.42 Å². The van der Waals surface area contributed by atoms with Crippen LogP contribution in [0.25, 0.3) is 0 Å². The van der Waals surface area contributed by atoms with Crippen LogP contribution in [-0.4, -0.2) is 37.5 Å². The van der Waals surface area contributed by atoms with Gasteiger partial charge in [-0.3, -0.25) is 0 Å². The number of halogens is 2. The Kier molecular flexibility index (Phi) is 4.90. The Morgan fingerprint density at radius 3 is 2.67 bits per heavy atom. The molecule has 1 aromatic rings. The monoisotopic (exact) mass is 351 g/mol. The maximum absolute atomic E-state index is 12.9. The molecule has 0 bridgehead atoms. The second kappa shape index (κ2) is 6.05. The normalized spacial score (nSPS) is 23.2. The van der Waals surface area contributed by atoms with Crippen LogP contribution >= 0.6 is 23.2 Å². The third kappa shape index (κ3) is 3.71. The molecule has 0 radical (unpaired) electrons. The van der Waals surface area contributed by atoms with Crippen LogP contribution in [0.2, 0.25) is 5.02 Å². The van der Waals surface area contributed by atoms with Gasteiger partial charge in [0.15, 0.2) is 0 Å². The molecule has 0 aromatic heterocycles. The first kappa shape index (κ1) is 17.0. The van der Waals surface area contributed by atoms with Crippen molar-refractivity contribution in [2.75, 3.05) is 13.1 Å². The minimum atomic E-state index is -3.67. The summed E-state index contributed by atoms with van der Waals surface area (Å²) in [7, 11) is -3.67. The molecule has 1 aliphatic rings. The minimum absolute atomic E-state index is 0.104. The first-order chi connectivity index (χ1) is 9.65. The van der Waals surface area contributed by atoms with E-state index in [-0.39, 0.29) is 21.9 Å². The van der Waals surface area contributed by atoms with Crippen molar-refractivity contribution in [3.8, 4) is 0 Å². The molecule has 4 nitrogen and oxygen atoms in total. The largest absolute Gasteiger partial charge is 0.370 e. The quantitative estimate of drug-likeness (QED) is 0.785. The van der Waals surface area contributed by atoms with E-state index in [0.717, 1.165) is 5.56 Å². The van der Waals surface area contributed by atoms with Gasteiger partial charge in [-0.15, -0.1) is 11.6 Å². The third-order valence-electron chi connectivity index (χ3n) is 3.31. The van der Waals surface area contributed by atoms with Crippen molar-refractivity contribution in [3.63, 3.8) is 0 Å². The van der Waals surface area contributed by atoms with Crippen LogP contribution in [0.1, 0.15) is 26.3 Å². The minimum Gasteiger partial charge on any atom is -0.370 e. The van der Waals surface area contributed by atoms with Crippen LogP contribution in [0.3, 0.4) is 0 Å². The van der Waals surface area contributed by atoms with E-state index in [1.807, 2.05) is 20.8 Å². The Morgan fingerprint density at radius 2 is 2.10 bits per heavy atom. The third-order valence-corrected chi connectivity index (χ3v) is 5.91. The van der Waals surface area contributed by atoms with Gasteiger partial charge in [0.2, 0.25) is 10.0 Å². The van der Waals surface area contributed by atoms with E-state index in [2.05, 4.69) is 0 Å². The topological polar surface area (TPSA) is 46.6 Å². The first-order valence-corrected chi connectivity index (χ1v) is 9.03. The van der Waals surface area contributed by atoms with E-state index in [4.69, 9.17) is 27.9 Å². The molecule has 1 heterocycles. The average molecular weight is 352 g/mol. The Balaban J connectivity index is 2.42. The zero-order valence-electron chi connectivity index (χ0n) is 12.3. The van der Waals surface area contributed by atoms with Gasteiger partial charge in [0, 0.05) is 19.0 Å². The number of hydrogen-bond donors (Lipinski definition) is 0. The molecule has 0 aliphatic carbocycles. The average Bonchev–Trinajstić information content (AvgIpc) is 2.36. The summed E-state index contributed by atoms with van der Waals surface area (Å²) in [5.41, 5.74) is 0.196. The number of morpholine rings is 1. The number of alkyl halides is 1. The zero-order chi connectivity index (χ0) is 15.8. The van der Waals surface area contributed by atoms with Gasteiger partial charge in [0.05, 0.1) is 16.7 Å². The van der Waals surface area contributed by atoms with Gasteiger partial charge >= 0.3 is 0 Å². The van der Waals surface area contributed by atoms with Crippen molar-refractivity contribution in [1.82, 2.24) is 4.31 Å². The van der Waals surface area contributed by atoms with Crippen LogP contribution in [0.4, 0.5) is 0 Å². The van der Waals surface area contributed by atoms with E-state index >= 15 is 0 Å². The summed E-state index contributed by atoms with van der Waals surface area (Å²) >= 11 is 11.9. The SMILES string of the molecule is CC1CN(S(=O)(=O)c2cc(CCl)ccc2Cl)CC(C)(C)O1. The Bertz CT molecular complexity index is 631. The van der Waals surface area contributed by atoms with Gasteiger partial charge in [0.25, 0.3) is 0 Å². The highest BCUT2D eigenvalue weighted by Crippen LogP contribution is 2.30. The second-order valence-corrected chi connectivity index (χ2v) is 8.46. The van der Waals surface area contributed by atoms with E-state index in [1.165, 1.54) is 10.4 Å². The first-order valence-electron chi connectivity index (χ1n) is 6.68. The number of hydrogen-bond acceptors (Lipinski definition) is 3.